The quantitative estimate of drug-likeness (QED) is 0.473. The first-order valence-corrected chi connectivity index (χ1v) is 8.97. The monoisotopic (exact) mass is 369 g/mol. The zero-order valence-corrected chi connectivity index (χ0v) is 16.2. The SMILES string of the molecule is Cc1ccc(CNc2nc(NCCC(C)(C)O)nc3c2ncn3C)c(N)c1. The minimum atomic E-state index is -0.742. The summed E-state index contributed by atoms with van der Waals surface area (Å²) >= 11 is 0. The van der Waals surface area contributed by atoms with Gasteiger partial charge in [0.2, 0.25) is 5.95 Å². The number of imidazole rings is 1. The number of fused-ring (bicyclic) bond motifs is 1. The second-order valence-corrected chi connectivity index (χ2v) is 7.47. The number of hydrogen-bond acceptors (Lipinski definition) is 7. The molecule has 0 aliphatic heterocycles. The van der Waals surface area contributed by atoms with Gasteiger partial charge in [0.25, 0.3) is 0 Å². The number of hydrogen-bond donors (Lipinski definition) is 4. The summed E-state index contributed by atoms with van der Waals surface area (Å²) in [6, 6.07) is 6.00. The Kier molecular flexibility index (Phi) is 5.18. The van der Waals surface area contributed by atoms with Crippen LogP contribution in [-0.2, 0) is 13.6 Å². The van der Waals surface area contributed by atoms with Gasteiger partial charge in [-0.15, -0.1) is 0 Å². The number of aliphatic hydroxyl groups is 1. The van der Waals surface area contributed by atoms with Gasteiger partial charge in [-0.2, -0.15) is 9.97 Å². The number of benzene rings is 1. The van der Waals surface area contributed by atoms with Crippen LogP contribution >= 0.6 is 0 Å². The van der Waals surface area contributed by atoms with Crippen LogP contribution in [0, 0.1) is 6.92 Å². The summed E-state index contributed by atoms with van der Waals surface area (Å²) in [6.07, 6.45) is 2.30. The van der Waals surface area contributed by atoms with Crippen molar-refractivity contribution >= 4 is 28.6 Å². The fourth-order valence-corrected chi connectivity index (χ4v) is 2.74. The molecule has 0 spiro atoms. The standard InChI is InChI=1S/C19H27N7O/c1-12-5-6-13(14(20)9-12)10-22-16-15-17(26(4)11-23-15)25-18(24-16)21-8-7-19(2,3)27/h5-6,9,11,27H,7-8,10,20H2,1-4H3,(H2,21,22,24,25). The molecule has 8 heteroatoms. The molecule has 27 heavy (non-hydrogen) atoms. The predicted molar refractivity (Wildman–Crippen MR) is 109 cm³/mol. The van der Waals surface area contributed by atoms with E-state index in [0.29, 0.717) is 36.8 Å². The van der Waals surface area contributed by atoms with Crippen molar-refractivity contribution < 1.29 is 5.11 Å². The van der Waals surface area contributed by atoms with Crippen molar-refractivity contribution in [1.29, 1.82) is 0 Å². The highest BCUT2D eigenvalue weighted by atomic mass is 16.3. The number of nitrogens with two attached hydrogens (primary N) is 1. The summed E-state index contributed by atoms with van der Waals surface area (Å²) in [5.74, 6) is 1.14. The van der Waals surface area contributed by atoms with Crippen molar-refractivity contribution in [3.63, 3.8) is 0 Å². The topological polar surface area (TPSA) is 114 Å². The van der Waals surface area contributed by atoms with Crippen molar-refractivity contribution in [2.24, 2.45) is 7.05 Å². The molecule has 0 bridgehead atoms. The van der Waals surface area contributed by atoms with E-state index in [2.05, 4.69) is 25.6 Å². The second-order valence-electron chi connectivity index (χ2n) is 7.47. The first-order chi connectivity index (χ1) is 12.7. The highest BCUT2D eigenvalue weighted by Gasteiger charge is 2.15. The molecule has 0 atom stereocenters. The van der Waals surface area contributed by atoms with Crippen molar-refractivity contribution in [1.82, 2.24) is 19.5 Å². The third-order valence-electron chi connectivity index (χ3n) is 4.33. The first kappa shape index (κ1) is 18.9. The Morgan fingerprint density at radius 1 is 1.22 bits per heavy atom. The maximum absolute atomic E-state index is 9.87. The lowest BCUT2D eigenvalue weighted by Crippen LogP contribution is -2.23. The van der Waals surface area contributed by atoms with Gasteiger partial charge in [0.05, 0.1) is 11.9 Å². The van der Waals surface area contributed by atoms with E-state index < -0.39 is 5.60 Å². The van der Waals surface area contributed by atoms with E-state index in [1.165, 1.54) is 0 Å². The lowest BCUT2D eigenvalue weighted by Gasteiger charge is -2.17. The summed E-state index contributed by atoms with van der Waals surface area (Å²) in [5.41, 5.74) is 9.68. The van der Waals surface area contributed by atoms with Gasteiger partial charge in [-0.05, 0) is 44.4 Å². The van der Waals surface area contributed by atoms with Crippen LogP contribution in [0.1, 0.15) is 31.4 Å². The minimum Gasteiger partial charge on any atom is -0.398 e. The lowest BCUT2D eigenvalue weighted by molar-refractivity contribution is 0.0748. The molecule has 3 aromatic rings. The Labute approximate surface area is 158 Å². The fraction of sp³-hybridized carbons (Fsp3) is 0.421. The molecular weight excluding hydrogens is 342 g/mol. The van der Waals surface area contributed by atoms with Crippen molar-refractivity contribution in [2.45, 2.75) is 39.3 Å². The number of aromatic nitrogens is 4. The number of anilines is 3. The maximum atomic E-state index is 9.87. The molecule has 5 N–H and O–H groups in total. The summed E-state index contributed by atoms with van der Waals surface area (Å²) in [5, 5.41) is 16.4. The van der Waals surface area contributed by atoms with Crippen molar-refractivity contribution in [3.05, 3.63) is 35.7 Å². The first-order valence-electron chi connectivity index (χ1n) is 8.97. The molecule has 144 valence electrons. The van der Waals surface area contributed by atoms with Crippen LogP contribution in [0.15, 0.2) is 24.5 Å². The van der Waals surface area contributed by atoms with Crippen LogP contribution in [0.4, 0.5) is 17.5 Å². The molecule has 3 rings (SSSR count). The molecule has 1 aromatic carbocycles. The van der Waals surface area contributed by atoms with E-state index in [1.54, 1.807) is 20.2 Å². The molecule has 0 radical (unpaired) electrons. The number of nitrogens with one attached hydrogen (secondary N) is 2. The van der Waals surface area contributed by atoms with Gasteiger partial charge in [-0.25, -0.2) is 4.98 Å². The van der Waals surface area contributed by atoms with Gasteiger partial charge >= 0.3 is 0 Å². The summed E-state index contributed by atoms with van der Waals surface area (Å²) in [4.78, 5) is 13.5. The van der Waals surface area contributed by atoms with E-state index in [-0.39, 0.29) is 0 Å². The average molecular weight is 369 g/mol. The molecule has 0 saturated carbocycles. The van der Waals surface area contributed by atoms with Crippen LogP contribution in [0.25, 0.3) is 11.2 Å². The van der Waals surface area contributed by atoms with Crippen LogP contribution < -0.4 is 16.4 Å². The zero-order valence-electron chi connectivity index (χ0n) is 16.2. The zero-order chi connectivity index (χ0) is 19.6. The molecule has 0 amide bonds. The van der Waals surface area contributed by atoms with Gasteiger partial charge in [0.15, 0.2) is 17.0 Å². The third-order valence-corrected chi connectivity index (χ3v) is 4.33. The van der Waals surface area contributed by atoms with Crippen LogP contribution in [0.5, 0.6) is 0 Å². The molecule has 0 fully saturated rings. The van der Waals surface area contributed by atoms with Crippen molar-refractivity contribution in [3.8, 4) is 0 Å². The molecule has 0 saturated heterocycles. The third kappa shape index (κ3) is 4.65. The average Bonchev–Trinajstić information content (AvgIpc) is 2.94. The van der Waals surface area contributed by atoms with Crippen LogP contribution in [-0.4, -0.2) is 36.8 Å². The highest BCUT2D eigenvalue weighted by molar-refractivity contribution is 5.84. The Bertz CT molecular complexity index is 943. The highest BCUT2D eigenvalue weighted by Crippen LogP contribution is 2.22. The summed E-state index contributed by atoms with van der Waals surface area (Å²) in [7, 11) is 1.89. The minimum absolute atomic E-state index is 0.495. The normalized spacial score (nSPS) is 11.7. The van der Waals surface area contributed by atoms with Gasteiger partial charge in [-0.3, -0.25) is 0 Å². The maximum Gasteiger partial charge on any atom is 0.226 e. The second kappa shape index (κ2) is 7.40. The molecule has 0 unspecified atom stereocenters. The van der Waals surface area contributed by atoms with Crippen LogP contribution in [0.2, 0.25) is 0 Å². The van der Waals surface area contributed by atoms with Gasteiger partial charge in [0, 0.05) is 25.8 Å². The molecule has 0 aliphatic carbocycles. The van der Waals surface area contributed by atoms with Gasteiger partial charge in [-0.1, -0.05) is 12.1 Å². The Hall–Kier alpha value is -2.87. The summed E-state index contributed by atoms with van der Waals surface area (Å²) < 4.78 is 1.85. The summed E-state index contributed by atoms with van der Waals surface area (Å²) in [6.45, 7) is 6.67. The largest absolute Gasteiger partial charge is 0.398 e. The number of rotatable bonds is 7. The molecular formula is C19H27N7O. The number of nitrogen functional groups attached to an aromatic ring is 1. The Morgan fingerprint density at radius 3 is 2.70 bits per heavy atom. The fourth-order valence-electron chi connectivity index (χ4n) is 2.74. The van der Waals surface area contributed by atoms with E-state index in [1.807, 2.05) is 36.7 Å². The van der Waals surface area contributed by atoms with Gasteiger partial charge < -0.3 is 26.0 Å². The molecule has 0 aliphatic rings. The van der Waals surface area contributed by atoms with E-state index in [0.717, 1.165) is 22.5 Å². The molecule has 8 nitrogen and oxygen atoms in total. The number of nitrogens with zero attached hydrogens (tertiary/aromatic N) is 4. The van der Waals surface area contributed by atoms with Crippen LogP contribution in [0.3, 0.4) is 0 Å². The van der Waals surface area contributed by atoms with E-state index in [4.69, 9.17) is 5.73 Å². The Morgan fingerprint density at radius 2 is 2.00 bits per heavy atom. The van der Waals surface area contributed by atoms with Crippen molar-refractivity contribution in [2.75, 3.05) is 22.9 Å². The Balaban J connectivity index is 1.82. The molecule has 2 aromatic heterocycles. The number of aryl methyl sites for hydroxylation is 2. The van der Waals surface area contributed by atoms with Gasteiger partial charge in [0.1, 0.15) is 0 Å². The molecule has 2 heterocycles. The predicted octanol–water partition coefficient (Wildman–Crippen LogP) is 2.44. The van der Waals surface area contributed by atoms with E-state index in [9.17, 15) is 5.11 Å². The van der Waals surface area contributed by atoms with E-state index >= 15 is 0 Å². The lowest BCUT2D eigenvalue weighted by atomic mass is 10.1. The smallest absolute Gasteiger partial charge is 0.226 e.